The van der Waals surface area contributed by atoms with Gasteiger partial charge >= 0.3 is 6.09 Å². The molecule has 1 heterocycles. The van der Waals surface area contributed by atoms with Gasteiger partial charge in [0.1, 0.15) is 5.60 Å². The van der Waals surface area contributed by atoms with E-state index in [4.69, 9.17) is 4.74 Å². The summed E-state index contributed by atoms with van der Waals surface area (Å²) < 4.78 is 5.74. The summed E-state index contributed by atoms with van der Waals surface area (Å²) in [6, 6.07) is 7.09. The fraction of sp³-hybridized carbons (Fsp3) is 0.609. The average Bonchev–Trinajstić information content (AvgIpc) is 2.60. The number of likely N-dealkylation sites (tertiary alicyclic amines) is 1. The second-order valence-corrected chi connectivity index (χ2v) is 9.32. The first-order valence-corrected chi connectivity index (χ1v) is 10.1. The molecule has 0 radical (unpaired) electrons. The molecule has 0 aromatic heterocycles. The molecule has 4 rings (SSSR count). The zero-order chi connectivity index (χ0) is 18.5. The number of nitrogens with zero attached hydrogens (tertiary/aromatic N) is 1. The smallest absolute Gasteiger partial charge is 0.410 e. The van der Waals surface area contributed by atoms with Crippen molar-refractivity contribution >= 4 is 12.2 Å². The number of piperidine rings is 1. The van der Waals surface area contributed by atoms with Crippen LogP contribution in [-0.4, -0.2) is 29.2 Å². The number of carbonyl (C=O) groups is 1. The van der Waals surface area contributed by atoms with Crippen LogP contribution < -0.4 is 0 Å². The molecule has 26 heavy (non-hydrogen) atoms. The van der Waals surface area contributed by atoms with Crippen LogP contribution in [0.1, 0.15) is 69.6 Å². The van der Waals surface area contributed by atoms with Gasteiger partial charge in [-0.1, -0.05) is 43.7 Å². The Morgan fingerprint density at radius 3 is 2.85 bits per heavy atom. The first-order valence-electron chi connectivity index (χ1n) is 10.1. The molecular formula is C23H31NO2. The van der Waals surface area contributed by atoms with Crippen molar-refractivity contribution < 1.29 is 9.53 Å². The minimum Gasteiger partial charge on any atom is -0.444 e. The first kappa shape index (κ1) is 17.6. The van der Waals surface area contributed by atoms with Crippen LogP contribution in [0, 0.1) is 5.92 Å². The Morgan fingerprint density at radius 1 is 1.31 bits per heavy atom. The van der Waals surface area contributed by atoms with Gasteiger partial charge in [0.15, 0.2) is 0 Å². The molecule has 0 spiro atoms. The molecule has 3 nitrogen and oxygen atoms in total. The summed E-state index contributed by atoms with van der Waals surface area (Å²) in [6.45, 7) is 10.6. The lowest BCUT2D eigenvalue weighted by Gasteiger charge is -2.58. The van der Waals surface area contributed by atoms with Crippen LogP contribution in [0.15, 0.2) is 24.8 Å². The second-order valence-electron chi connectivity index (χ2n) is 9.32. The Hall–Kier alpha value is -1.77. The molecule has 1 aromatic carbocycles. The van der Waals surface area contributed by atoms with Crippen molar-refractivity contribution in [1.82, 2.24) is 4.90 Å². The summed E-state index contributed by atoms with van der Waals surface area (Å²) >= 11 is 0. The Kier molecular flexibility index (Phi) is 4.17. The zero-order valence-electron chi connectivity index (χ0n) is 16.4. The molecule has 2 aliphatic carbocycles. The van der Waals surface area contributed by atoms with Crippen LogP contribution in [0.5, 0.6) is 0 Å². The van der Waals surface area contributed by atoms with Gasteiger partial charge < -0.3 is 9.64 Å². The summed E-state index contributed by atoms with van der Waals surface area (Å²) in [7, 11) is 0. The van der Waals surface area contributed by atoms with Gasteiger partial charge in [-0.25, -0.2) is 4.79 Å². The third-order valence-electron chi connectivity index (χ3n) is 6.72. The molecular weight excluding hydrogens is 322 g/mol. The number of hydrogen-bond acceptors (Lipinski definition) is 2. The molecule has 2 bridgehead atoms. The number of benzene rings is 1. The third kappa shape index (κ3) is 2.76. The molecule has 140 valence electrons. The molecule has 3 heteroatoms. The predicted molar refractivity (Wildman–Crippen MR) is 105 cm³/mol. The van der Waals surface area contributed by atoms with E-state index in [-0.39, 0.29) is 17.6 Å². The second kappa shape index (κ2) is 6.14. The Balaban J connectivity index is 1.74. The maximum atomic E-state index is 12.9. The normalized spacial score (nSPS) is 30.2. The lowest BCUT2D eigenvalue weighted by Crippen LogP contribution is -2.62. The number of carbonyl (C=O) groups excluding carboxylic acids is 1. The van der Waals surface area contributed by atoms with E-state index >= 15 is 0 Å². The van der Waals surface area contributed by atoms with E-state index in [2.05, 4.69) is 24.8 Å². The SMILES string of the molecule is C=Cc1ccc2c(c1)C13CCCCC1C(C2)N(C(=O)OC(C)(C)C)CC3. The Morgan fingerprint density at radius 2 is 2.12 bits per heavy atom. The van der Waals surface area contributed by atoms with Crippen molar-refractivity contribution in [2.75, 3.05) is 6.54 Å². The van der Waals surface area contributed by atoms with Crippen molar-refractivity contribution in [3.05, 3.63) is 41.5 Å². The van der Waals surface area contributed by atoms with E-state index in [1.54, 1.807) is 5.56 Å². The minimum atomic E-state index is -0.441. The largest absolute Gasteiger partial charge is 0.444 e. The maximum Gasteiger partial charge on any atom is 0.410 e. The van der Waals surface area contributed by atoms with Crippen LogP contribution in [0.2, 0.25) is 0 Å². The van der Waals surface area contributed by atoms with E-state index in [0.717, 1.165) is 19.4 Å². The van der Waals surface area contributed by atoms with E-state index in [1.165, 1.54) is 36.8 Å². The van der Waals surface area contributed by atoms with Gasteiger partial charge in [-0.3, -0.25) is 0 Å². The lowest BCUT2D eigenvalue weighted by atomic mass is 9.52. The van der Waals surface area contributed by atoms with E-state index in [0.29, 0.717) is 5.92 Å². The fourth-order valence-corrected chi connectivity index (χ4v) is 5.70. The highest BCUT2D eigenvalue weighted by Crippen LogP contribution is 2.56. The highest BCUT2D eigenvalue weighted by atomic mass is 16.6. The molecule has 1 aliphatic heterocycles. The number of amides is 1. The molecule has 1 amide bonds. The van der Waals surface area contributed by atoms with Crippen LogP contribution >= 0.6 is 0 Å². The molecule has 3 aliphatic rings. The number of fused-ring (bicyclic) bond motifs is 1. The summed E-state index contributed by atoms with van der Waals surface area (Å²) in [6.07, 6.45) is 8.89. The van der Waals surface area contributed by atoms with Gasteiger partial charge in [0, 0.05) is 18.0 Å². The first-order chi connectivity index (χ1) is 12.3. The quantitative estimate of drug-likeness (QED) is 0.683. The molecule has 1 saturated carbocycles. The minimum absolute atomic E-state index is 0.132. The predicted octanol–water partition coefficient (Wildman–Crippen LogP) is 5.32. The van der Waals surface area contributed by atoms with Crippen LogP contribution in [0.4, 0.5) is 4.79 Å². The van der Waals surface area contributed by atoms with Gasteiger partial charge in [0.25, 0.3) is 0 Å². The van der Waals surface area contributed by atoms with Crippen LogP contribution in [0.3, 0.4) is 0 Å². The van der Waals surface area contributed by atoms with Crippen molar-refractivity contribution in [2.24, 2.45) is 5.92 Å². The van der Waals surface area contributed by atoms with Crippen molar-refractivity contribution in [3.63, 3.8) is 0 Å². The van der Waals surface area contributed by atoms with Crippen molar-refractivity contribution in [3.8, 4) is 0 Å². The Bertz CT molecular complexity index is 732. The molecule has 3 unspecified atom stereocenters. The molecule has 0 N–H and O–H groups in total. The van der Waals surface area contributed by atoms with Gasteiger partial charge in [0.05, 0.1) is 0 Å². The fourth-order valence-electron chi connectivity index (χ4n) is 5.70. The van der Waals surface area contributed by atoms with Crippen molar-refractivity contribution in [2.45, 2.75) is 76.4 Å². The van der Waals surface area contributed by atoms with Gasteiger partial charge in [-0.05, 0) is 69.1 Å². The average molecular weight is 354 g/mol. The highest BCUT2D eigenvalue weighted by molar-refractivity contribution is 5.69. The third-order valence-corrected chi connectivity index (χ3v) is 6.72. The topological polar surface area (TPSA) is 29.5 Å². The van der Waals surface area contributed by atoms with Gasteiger partial charge in [-0.15, -0.1) is 0 Å². The number of hydrogen-bond donors (Lipinski definition) is 0. The highest BCUT2D eigenvalue weighted by Gasteiger charge is 2.55. The standard InChI is InChI=1S/C23H31NO2/c1-5-16-9-10-17-15-20-18-8-6-7-11-23(18,19(17)14-16)12-13-24(20)21(25)26-22(2,3)4/h5,9-10,14,18,20H,1,6-8,11-13,15H2,2-4H3. The summed E-state index contributed by atoms with van der Waals surface area (Å²) in [5.74, 6) is 0.560. The number of ether oxygens (including phenoxy) is 1. The molecule has 1 saturated heterocycles. The monoisotopic (exact) mass is 353 g/mol. The van der Waals surface area contributed by atoms with Gasteiger partial charge in [-0.2, -0.15) is 0 Å². The zero-order valence-corrected chi connectivity index (χ0v) is 16.4. The van der Waals surface area contributed by atoms with E-state index in [1.807, 2.05) is 31.7 Å². The van der Waals surface area contributed by atoms with Crippen LogP contribution in [-0.2, 0) is 16.6 Å². The van der Waals surface area contributed by atoms with Gasteiger partial charge in [0.2, 0.25) is 0 Å². The summed E-state index contributed by atoms with van der Waals surface area (Å²) in [4.78, 5) is 14.9. The molecule has 1 aromatic rings. The van der Waals surface area contributed by atoms with E-state index in [9.17, 15) is 4.79 Å². The van der Waals surface area contributed by atoms with E-state index < -0.39 is 5.60 Å². The maximum absolute atomic E-state index is 12.9. The van der Waals surface area contributed by atoms with Crippen molar-refractivity contribution in [1.29, 1.82) is 0 Å². The summed E-state index contributed by atoms with van der Waals surface area (Å²) in [5, 5.41) is 0. The summed E-state index contributed by atoms with van der Waals surface area (Å²) in [5.41, 5.74) is 3.99. The lowest BCUT2D eigenvalue weighted by molar-refractivity contribution is -0.0348. The molecule has 3 atom stereocenters. The number of rotatable bonds is 1. The molecule has 2 fully saturated rings. The Labute approximate surface area is 157 Å². The van der Waals surface area contributed by atoms with Crippen LogP contribution in [0.25, 0.3) is 6.08 Å².